The van der Waals surface area contributed by atoms with Crippen molar-refractivity contribution in [3.05, 3.63) is 253 Å². The molecule has 0 aromatic heterocycles. The summed E-state index contributed by atoms with van der Waals surface area (Å²) in [7, 11) is 0. The van der Waals surface area contributed by atoms with Gasteiger partial charge in [0.25, 0.3) is 0 Å². The molecular weight excluding hydrogens is 801 g/mol. The maximum Gasteiger partial charge on any atom is 0.162 e. The summed E-state index contributed by atoms with van der Waals surface area (Å²) in [4.78, 5) is 10.1. The fourth-order valence-corrected chi connectivity index (χ4v) is 9.30. The molecule has 0 amide bonds. The average molecular weight is 841 g/mol. The van der Waals surface area contributed by atoms with Crippen molar-refractivity contribution in [3.8, 4) is 50.6 Å². The molecule has 0 heterocycles. The number of hydrogen-bond acceptors (Lipinski definition) is 2. The molecule has 4 nitrogen and oxygen atoms in total. The number of rotatable bonds is 7. The number of aliphatic imine (C=N–C) groups is 2. The van der Waals surface area contributed by atoms with Crippen LogP contribution in [-0.2, 0) is 0 Å². The lowest BCUT2D eigenvalue weighted by molar-refractivity contribution is 1.40. The van der Waals surface area contributed by atoms with Crippen molar-refractivity contribution >= 4 is 61.0 Å². The molecule has 4 heteroatoms. The highest BCUT2D eigenvalue weighted by Crippen LogP contribution is 2.39. The minimum absolute atomic E-state index is 0.113. The lowest BCUT2D eigenvalue weighted by Gasteiger charge is -2.15. The first-order chi connectivity index (χ1) is 32.6. The molecule has 0 aliphatic heterocycles. The lowest BCUT2D eigenvalue weighted by atomic mass is 9.90. The van der Waals surface area contributed by atoms with Gasteiger partial charge in [-0.3, -0.25) is 5.41 Å². The van der Waals surface area contributed by atoms with Gasteiger partial charge in [-0.25, -0.2) is 9.98 Å². The number of benzene rings is 11. The van der Waals surface area contributed by atoms with Gasteiger partial charge in [0.05, 0.1) is 11.6 Å². The molecule has 1 N–H and O–H groups in total. The van der Waals surface area contributed by atoms with Gasteiger partial charge in [-0.1, -0.05) is 212 Å². The SMILES string of the molecule is N#Cc1cc(-c2ccccc2C=NC(=NC(=N)c2ccccc2)c2ccccc2-c2cc3ccccc3c3ccccc23)ccc1-c1ccc(-c2cc3ccccc3c3ccccc23)cc1. The summed E-state index contributed by atoms with van der Waals surface area (Å²) in [5, 5.41) is 29.3. The summed E-state index contributed by atoms with van der Waals surface area (Å²) < 4.78 is 0. The van der Waals surface area contributed by atoms with E-state index in [2.05, 4.69) is 158 Å². The molecule has 0 bridgehead atoms. The van der Waals surface area contributed by atoms with E-state index in [1.807, 2.05) is 85.1 Å². The van der Waals surface area contributed by atoms with E-state index in [1.54, 1.807) is 0 Å². The molecule has 0 radical (unpaired) electrons. The minimum atomic E-state index is 0.113. The van der Waals surface area contributed by atoms with Crippen LogP contribution in [0, 0.1) is 16.7 Å². The second-order valence-corrected chi connectivity index (χ2v) is 16.4. The van der Waals surface area contributed by atoms with Gasteiger partial charge in [0, 0.05) is 22.9 Å². The molecule has 0 atom stereocenters. The topological polar surface area (TPSA) is 72.4 Å². The van der Waals surface area contributed by atoms with Gasteiger partial charge < -0.3 is 0 Å². The van der Waals surface area contributed by atoms with Crippen LogP contribution in [0.1, 0.15) is 22.3 Å². The Labute approximate surface area is 383 Å². The van der Waals surface area contributed by atoms with Crippen LogP contribution >= 0.6 is 0 Å². The van der Waals surface area contributed by atoms with Gasteiger partial charge in [0.2, 0.25) is 0 Å². The van der Waals surface area contributed by atoms with E-state index in [4.69, 9.17) is 15.4 Å². The number of hydrogen-bond donors (Lipinski definition) is 1. The van der Waals surface area contributed by atoms with Crippen LogP contribution in [-0.4, -0.2) is 17.9 Å². The Hall–Kier alpha value is -9.04. The van der Waals surface area contributed by atoms with Gasteiger partial charge in [0.1, 0.15) is 0 Å². The normalized spacial score (nSPS) is 11.7. The van der Waals surface area contributed by atoms with E-state index in [0.717, 1.165) is 60.8 Å². The first-order valence-electron chi connectivity index (χ1n) is 22.0. The van der Waals surface area contributed by atoms with Gasteiger partial charge >= 0.3 is 0 Å². The highest BCUT2D eigenvalue weighted by Gasteiger charge is 2.17. The molecule has 11 aromatic rings. The monoisotopic (exact) mass is 840 g/mol. The van der Waals surface area contributed by atoms with Gasteiger partial charge in [-0.05, 0) is 106 Å². The van der Waals surface area contributed by atoms with Crippen molar-refractivity contribution < 1.29 is 0 Å². The highest BCUT2D eigenvalue weighted by molar-refractivity contribution is 6.20. The Balaban J connectivity index is 0.968. The molecular formula is C62H40N4. The molecule has 11 rings (SSSR count). The van der Waals surface area contributed by atoms with Crippen LogP contribution in [0.5, 0.6) is 0 Å². The molecule has 0 saturated carbocycles. The van der Waals surface area contributed by atoms with E-state index in [0.29, 0.717) is 17.0 Å². The van der Waals surface area contributed by atoms with E-state index >= 15 is 0 Å². The molecule has 0 spiro atoms. The molecule has 0 saturated heterocycles. The van der Waals surface area contributed by atoms with Crippen molar-refractivity contribution in [2.24, 2.45) is 9.98 Å². The second-order valence-electron chi connectivity index (χ2n) is 16.4. The molecule has 0 fully saturated rings. The van der Waals surface area contributed by atoms with Crippen LogP contribution in [0.25, 0.3) is 87.6 Å². The summed E-state index contributed by atoms with van der Waals surface area (Å²) in [6.07, 6.45) is 1.83. The second kappa shape index (κ2) is 17.3. The van der Waals surface area contributed by atoms with E-state index in [-0.39, 0.29) is 5.84 Å². The maximum absolute atomic E-state index is 10.6. The quantitative estimate of drug-likeness (QED) is 0.0969. The fourth-order valence-electron chi connectivity index (χ4n) is 9.30. The predicted octanol–water partition coefficient (Wildman–Crippen LogP) is 15.7. The minimum Gasteiger partial charge on any atom is -0.282 e. The number of nitrogens with one attached hydrogen (secondary N) is 1. The molecule has 0 aliphatic rings. The van der Waals surface area contributed by atoms with Crippen molar-refractivity contribution in [1.82, 2.24) is 0 Å². The summed E-state index contributed by atoms with van der Waals surface area (Å²) in [5.41, 5.74) is 10.9. The zero-order chi connectivity index (χ0) is 44.4. The number of nitriles is 1. The van der Waals surface area contributed by atoms with Crippen molar-refractivity contribution in [1.29, 1.82) is 10.7 Å². The maximum atomic E-state index is 10.6. The Morgan fingerprint density at radius 3 is 1.58 bits per heavy atom. The van der Waals surface area contributed by atoms with Gasteiger partial charge in [-0.15, -0.1) is 0 Å². The van der Waals surface area contributed by atoms with Gasteiger partial charge in [-0.2, -0.15) is 5.26 Å². The third-order valence-corrected chi connectivity index (χ3v) is 12.5. The Kier molecular flexibility index (Phi) is 10.4. The predicted molar refractivity (Wildman–Crippen MR) is 277 cm³/mol. The van der Waals surface area contributed by atoms with E-state index < -0.39 is 0 Å². The molecule has 0 aliphatic carbocycles. The summed E-state index contributed by atoms with van der Waals surface area (Å²) >= 11 is 0. The number of nitrogens with zero attached hydrogens (tertiary/aromatic N) is 3. The Morgan fingerprint density at radius 2 is 0.909 bits per heavy atom. The average Bonchev–Trinajstić information content (AvgIpc) is 3.39. The van der Waals surface area contributed by atoms with Crippen LogP contribution in [0.15, 0.2) is 241 Å². The van der Waals surface area contributed by atoms with Crippen molar-refractivity contribution in [3.63, 3.8) is 0 Å². The summed E-state index contributed by atoms with van der Waals surface area (Å²) in [6, 6.07) is 81.5. The van der Waals surface area contributed by atoms with Crippen LogP contribution in [0.4, 0.5) is 0 Å². The summed E-state index contributed by atoms with van der Waals surface area (Å²) in [5.74, 6) is 0.529. The van der Waals surface area contributed by atoms with Crippen molar-refractivity contribution in [2.75, 3.05) is 0 Å². The van der Waals surface area contributed by atoms with Crippen LogP contribution < -0.4 is 0 Å². The Morgan fingerprint density at radius 1 is 0.409 bits per heavy atom. The zero-order valence-electron chi connectivity index (χ0n) is 35.9. The molecule has 308 valence electrons. The molecule has 66 heavy (non-hydrogen) atoms. The summed E-state index contributed by atoms with van der Waals surface area (Å²) in [6.45, 7) is 0. The largest absolute Gasteiger partial charge is 0.282 e. The Bertz CT molecular complexity index is 3780. The molecule has 11 aromatic carbocycles. The number of fused-ring (bicyclic) bond motifs is 6. The highest BCUT2D eigenvalue weighted by atomic mass is 14.9. The van der Waals surface area contributed by atoms with Crippen LogP contribution in [0.3, 0.4) is 0 Å². The lowest BCUT2D eigenvalue weighted by Crippen LogP contribution is -2.06. The fraction of sp³-hybridized carbons (Fsp3) is 0. The van der Waals surface area contributed by atoms with Crippen molar-refractivity contribution in [2.45, 2.75) is 0 Å². The zero-order valence-corrected chi connectivity index (χ0v) is 35.9. The molecule has 0 unspecified atom stereocenters. The number of amidine groups is 2. The first kappa shape index (κ1) is 39.8. The van der Waals surface area contributed by atoms with E-state index in [9.17, 15) is 5.26 Å². The first-order valence-corrected chi connectivity index (χ1v) is 22.0. The van der Waals surface area contributed by atoms with Gasteiger partial charge in [0.15, 0.2) is 11.7 Å². The third kappa shape index (κ3) is 7.41. The van der Waals surface area contributed by atoms with Crippen LogP contribution in [0.2, 0.25) is 0 Å². The smallest absolute Gasteiger partial charge is 0.162 e. The van der Waals surface area contributed by atoms with E-state index in [1.165, 1.54) is 37.9 Å². The standard InChI is InChI=1S/C62H40N4/c63-39-48-36-46(34-35-50(48)41-30-32-42(33-31-41)59-37-44-18-4-8-22-51(44)53-24-10-12-26-55(53)59)49-21-7-6-20-47(49)40-65-62(66-61(64)43-16-2-1-3-17-43)58-29-15-14-28-57(58)60-38-45-19-5-9-23-52(45)54-25-11-13-27-56(54)60/h1-38,40,64H. The third-order valence-electron chi connectivity index (χ3n) is 12.5.